The Bertz CT molecular complexity index is 4490. The van der Waals surface area contributed by atoms with Gasteiger partial charge < -0.3 is 74.4 Å². The van der Waals surface area contributed by atoms with Gasteiger partial charge in [0.05, 0.1) is 0 Å². The van der Waals surface area contributed by atoms with Gasteiger partial charge >= 0.3 is 0 Å². The molecular formula is C136H220N14. The van der Waals surface area contributed by atoms with Crippen molar-refractivity contribution in [3.05, 3.63) is 251 Å². The van der Waals surface area contributed by atoms with Gasteiger partial charge in [-0.3, -0.25) is 0 Å². The summed E-state index contributed by atoms with van der Waals surface area (Å²) in [7, 11) is 0. The van der Waals surface area contributed by atoms with Crippen LogP contribution in [-0.2, 0) is 49.9 Å². The van der Waals surface area contributed by atoms with E-state index in [1.807, 2.05) is 0 Å². The van der Waals surface area contributed by atoms with Crippen LogP contribution in [0.4, 0.5) is 0 Å². The van der Waals surface area contributed by atoms with E-state index in [0.29, 0.717) is 0 Å². The van der Waals surface area contributed by atoms with Crippen molar-refractivity contribution in [2.75, 3.05) is 157 Å². The second-order valence-electron chi connectivity index (χ2n) is 46.9. The summed E-state index contributed by atoms with van der Waals surface area (Å²) in [6.45, 7) is 71.6. The SMILES string of the molecule is CC(C)CNCCCNCCCCCc1ccc(-c2cc(-c3ccc(CNCCCNCCCNCC(C)C)cc3)cc(C(C)(C)C)c2)cc1.CCC(C)CCCCCNCCCNCc1ccc(-c2cccc(-c3ccc(CNCCCCCCCNCC(C)CC)cc3)c2)cc1.CCC(C)CNCCCNCCCCCc1ccc(-c2cc(-c3ccc(CNCCCNCCCNCC(C)CC)cc3)cc(C(C)(C)C)c2)cc1. The van der Waals surface area contributed by atoms with E-state index < -0.39 is 0 Å². The molecule has 4 atom stereocenters. The van der Waals surface area contributed by atoms with E-state index >= 15 is 0 Å². The molecule has 0 saturated heterocycles. The number of aryl methyl sites for hydroxylation is 2. The molecule has 0 fully saturated rings. The number of hydrogen-bond acceptors (Lipinski definition) is 14. The molecule has 9 aromatic rings. The molecule has 0 heterocycles. The topological polar surface area (TPSA) is 168 Å². The lowest BCUT2D eigenvalue weighted by molar-refractivity contribution is 0.472. The highest BCUT2D eigenvalue weighted by Gasteiger charge is 2.20. The van der Waals surface area contributed by atoms with Gasteiger partial charge in [-0.25, -0.2) is 0 Å². The van der Waals surface area contributed by atoms with Crippen molar-refractivity contribution >= 4 is 0 Å². The molecule has 9 rings (SSSR count). The third kappa shape index (κ3) is 59.4. The number of rotatable bonds is 82. The summed E-state index contributed by atoms with van der Waals surface area (Å²) in [6, 6.07) is 78.4. The van der Waals surface area contributed by atoms with Crippen LogP contribution in [0.5, 0.6) is 0 Å². The zero-order valence-electron chi connectivity index (χ0n) is 98.7. The number of benzene rings is 9. The number of nitrogens with one attached hydrogen (secondary N) is 14. The highest BCUT2D eigenvalue weighted by Crippen LogP contribution is 2.37. The summed E-state index contributed by atoms with van der Waals surface area (Å²) in [4.78, 5) is 0. The van der Waals surface area contributed by atoms with Gasteiger partial charge in [-0.1, -0.05) is 390 Å². The Labute approximate surface area is 920 Å². The van der Waals surface area contributed by atoms with Crippen LogP contribution in [0.25, 0.3) is 66.8 Å². The molecule has 0 bridgehead atoms. The lowest BCUT2D eigenvalue weighted by Crippen LogP contribution is -2.27. The molecule has 0 saturated carbocycles. The quantitative estimate of drug-likeness (QED) is 0.0163. The van der Waals surface area contributed by atoms with Crippen molar-refractivity contribution in [1.29, 1.82) is 0 Å². The maximum Gasteiger partial charge on any atom is 0.0205 e. The summed E-state index contributed by atoms with van der Waals surface area (Å²) in [5.74, 6) is 4.70. The first-order valence-electron chi connectivity index (χ1n) is 60.8. The van der Waals surface area contributed by atoms with Crippen LogP contribution < -0.4 is 74.4 Å². The highest BCUT2D eigenvalue weighted by atomic mass is 14.9. The fraction of sp³-hybridized carbons (Fsp3) is 0.603. The van der Waals surface area contributed by atoms with Crippen molar-refractivity contribution < 1.29 is 0 Å². The van der Waals surface area contributed by atoms with Crippen molar-refractivity contribution in [3.8, 4) is 66.8 Å². The van der Waals surface area contributed by atoms with E-state index in [4.69, 9.17) is 0 Å². The fourth-order valence-corrected chi connectivity index (χ4v) is 18.5. The third-order valence-electron chi connectivity index (χ3n) is 29.7. The van der Waals surface area contributed by atoms with Gasteiger partial charge in [-0.2, -0.15) is 0 Å². The van der Waals surface area contributed by atoms with E-state index in [1.54, 1.807) is 0 Å². The molecule has 0 aliphatic heterocycles. The minimum Gasteiger partial charge on any atom is -0.317 e. The summed E-state index contributed by atoms with van der Waals surface area (Å²) < 4.78 is 0. The molecule has 14 N–H and O–H groups in total. The van der Waals surface area contributed by atoms with Crippen molar-refractivity contribution in [2.24, 2.45) is 35.5 Å². The van der Waals surface area contributed by atoms with E-state index in [0.717, 1.165) is 231 Å². The third-order valence-corrected chi connectivity index (χ3v) is 29.7. The lowest BCUT2D eigenvalue weighted by atomic mass is 9.83. The van der Waals surface area contributed by atoms with Crippen molar-refractivity contribution in [3.63, 3.8) is 0 Å². The fourth-order valence-electron chi connectivity index (χ4n) is 18.5. The Morgan fingerprint density at radius 2 is 0.387 bits per heavy atom. The van der Waals surface area contributed by atoms with Crippen LogP contribution in [0, 0.1) is 35.5 Å². The Balaban J connectivity index is 0.000000304. The van der Waals surface area contributed by atoms with Crippen LogP contribution >= 0.6 is 0 Å². The molecule has 0 aliphatic carbocycles. The van der Waals surface area contributed by atoms with E-state index in [-0.39, 0.29) is 10.8 Å². The lowest BCUT2D eigenvalue weighted by Gasteiger charge is -2.22. The van der Waals surface area contributed by atoms with Crippen LogP contribution in [0.15, 0.2) is 206 Å². The zero-order valence-corrected chi connectivity index (χ0v) is 98.7. The van der Waals surface area contributed by atoms with Gasteiger partial charge in [0.25, 0.3) is 0 Å². The second-order valence-corrected chi connectivity index (χ2v) is 46.9. The van der Waals surface area contributed by atoms with Crippen LogP contribution in [-0.4, -0.2) is 157 Å². The highest BCUT2D eigenvalue weighted by molar-refractivity contribution is 5.77. The minimum atomic E-state index is 0.0761. The average molecular weight is 2050 g/mol. The molecule has 150 heavy (non-hydrogen) atoms. The molecule has 0 aliphatic rings. The predicted molar refractivity (Wildman–Crippen MR) is 661 cm³/mol. The van der Waals surface area contributed by atoms with E-state index in [1.165, 1.54) is 278 Å². The minimum absolute atomic E-state index is 0.0761. The van der Waals surface area contributed by atoms with Gasteiger partial charge in [0.2, 0.25) is 0 Å². The summed E-state index contributed by atoms with van der Waals surface area (Å²) in [5.41, 5.74) is 26.6. The Morgan fingerprint density at radius 1 is 0.180 bits per heavy atom. The summed E-state index contributed by atoms with van der Waals surface area (Å²) in [6.07, 6.45) is 35.3. The Morgan fingerprint density at radius 3 is 0.653 bits per heavy atom. The number of unbranched alkanes of at least 4 members (excludes halogenated alkanes) is 10. The maximum absolute atomic E-state index is 3.64. The smallest absolute Gasteiger partial charge is 0.0205 e. The summed E-state index contributed by atoms with van der Waals surface area (Å²) in [5, 5.41) is 50.3. The van der Waals surface area contributed by atoms with Gasteiger partial charge in [0, 0.05) is 26.2 Å². The van der Waals surface area contributed by atoms with Gasteiger partial charge in [0.15, 0.2) is 0 Å². The standard InChI is InChI=1S/C47H77N5.C45H73N5.C44H70N4/c1-8-38(3)35-50-29-13-26-48-25-12-10-11-16-40-17-21-42(22-18-40)44-32-45(34-46(33-44)47(5,6)7)43-23-19-41(20-24-43)37-52-31-15-28-49-27-14-30-51-36-39(4)9-2;1-36(2)33-48-27-11-24-46-23-10-8-9-14-38-15-19-40(20-16-38)42-30-43(32-44(31-42)45(5,6)7)41-21-17-39(18-22-41)35-50-29-13-26-47-25-12-28-49-34-37(3)4;1-5-37(3)17-11-10-14-28-45-31-16-32-48-36-40-22-26-42(27-23-40)44-19-15-18-43(33-44)41-24-20-39(21-25-41)35-47-30-13-9-7-8-12-29-46-34-38(4)6-2/h17-24,32-34,38-39,48-52H,8-16,25-31,35-37H2,1-7H3;15-22,30-32,36-37,46-50H,8-14,23-29,33-35H2,1-7H3;15,18-27,33,37-38,45-48H,5-14,16-17,28-32,34-36H2,1-4H3. The molecule has 0 spiro atoms. The summed E-state index contributed by atoms with van der Waals surface area (Å²) >= 11 is 0. The molecule has 14 nitrogen and oxygen atoms in total. The Hall–Kier alpha value is -7.58. The van der Waals surface area contributed by atoms with Gasteiger partial charge in [-0.15, -0.1) is 0 Å². The molecule has 834 valence electrons. The predicted octanol–water partition coefficient (Wildman–Crippen LogP) is 29.1. The second kappa shape index (κ2) is 80.2. The normalized spacial score (nSPS) is 12.6. The van der Waals surface area contributed by atoms with Gasteiger partial charge in [-0.05, 0) is 436 Å². The van der Waals surface area contributed by atoms with Crippen molar-refractivity contribution in [1.82, 2.24) is 74.4 Å². The number of hydrogen-bond donors (Lipinski definition) is 14. The largest absolute Gasteiger partial charge is 0.317 e. The van der Waals surface area contributed by atoms with Gasteiger partial charge in [0.1, 0.15) is 0 Å². The van der Waals surface area contributed by atoms with E-state index in [2.05, 4.69) is 405 Å². The molecule has 4 unspecified atom stereocenters. The molecule has 14 heteroatoms. The zero-order chi connectivity index (χ0) is 108. The first-order valence-corrected chi connectivity index (χ1v) is 60.8. The first kappa shape index (κ1) is 129. The molecular weight excluding hydrogens is 1830 g/mol. The van der Waals surface area contributed by atoms with Crippen LogP contribution in [0.2, 0.25) is 0 Å². The molecule has 0 radical (unpaired) electrons. The maximum atomic E-state index is 3.64. The van der Waals surface area contributed by atoms with Crippen molar-refractivity contribution in [2.45, 2.75) is 341 Å². The van der Waals surface area contributed by atoms with Crippen LogP contribution in [0.3, 0.4) is 0 Å². The van der Waals surface area contributed by atoms with Crippen LogP contribution in [0.1, 0.15) is 336 Å². The van der Waals surface area contributed by atoms with E-state index in [9.17, 15) is 0 Å². The molecule has 9 aromatic carbocycles. The Kier molecular flexibility index (Phi) is 69.2. The molecule has 0 aromatic heterocycles. The monoisotopic (exact) mass is 2050 g/mol. The first-order chi connectivity index (χ1) is 72.9. The molecule has 0 amide bonds. The average Bonchev–Trinajstić information content (AvgIpc) is 0.799.